The van der Waals surface area contributed by atoms with Crippen LogP contribution in [0, 0.1) is 6.92 Å². The van der Waals surface area contributed by atoms with Crippen LogP contribution in [0.25, 0.3) is 22.3 Å². The molecular formula is C30H20NO2P. The van der Waals surface area contributed by atoms with Crippen molar-refractivity contribution in [3.8, 4) is 45.3 Å². The molecule has 0 saturated carbocycles. The van der Waals surface area contributed by atoms with E-state index in [0.29, 0.717) is 0 Å². The Labute approximate surface area is 199 Å². The van der Waals surface area contributed by atoms with Crippen LogP contribution in [0.3, 0.4) is 0 Å². The highest BCUT2D eigenvalue weighted by molar-refractivity contribution is 7.80. The summed E-state index contributed by atoms with van der Waals surface area (Å²) in [6.45, 7) is 2.02. The van der Waals surface area contributed by atoms with E-state index in [2.05, 4.69) is 89.9 Å². The van der Waals surface area contributed by atoms with Crippen LogP contribution in [-0.2, 0) is 0 Å². The Morgan fingerprint density at radius 3 is 1.79 bits per heavy atom. The molecule has 0 amide bonds. The predicted molar refractivity (Wildman–Crippen MR) is 139 cm³/mol. The lowest BCUT2D eigenvalue weighted by atomic mass is 9.99. The first-order valence-electron chi connectivity index (χ1n) is 11.3. The van der Waals surface area contributed by atoms with Gasteiger partial charge < -0.3 is 9.47 Å². The summed E-state index contributed by atoms with van der Waals surface area (Å²) in [5, 5.41) is 3.65. The Bertz CT molecular complexity index is 1520. The van der Waals surface area contributed by atoms with Crippen LogP contribution in [0.5, 0.6) is 23.0 Å². The summed E-state index contributed by atoms with van der Waals surface area (Å²) in [5.74, 6) is 3.64. The van der Waals surface area contributed by atoms with E-state index in [4.69, 9.17) is 9.47 Å². The van der Waals surface area contributed by atoms with Gasteiger partial charge in [-0.15, -0.1) is 0 Å². The van der Waals surface area contributed by atoms with Crippen molar-refractivity contribution in [2.45, 2.75) is 6.92 Å². The van der Waals surface area contributed by atoms with Crippen LogP contribution in [-0.4, -0.2) is 4.98 Å². The standard InChI is InChI=1S/C30H20NO2P/c1-19-15-22(13-14-31-19)20-7-6-8-21(16-20)23-17-26-30-27(18-23)33-25-10-3-5-12-29(25)34(30)28-11-4-2-9-24(28)32-26/h2-18H,1H3. The highest BCUT2D eigenvalue weighted by Crippen LogP contribution is 2.53. The number of aromatic nitrogens is 1. The summed E-state index contributed by atoms with van der Waals surface area (Å²) in [5.41, 5.74) is 5.53. The zero-order valence-electron chi connectivity index (χ0n) is 18.5. The molecule has 3 heterocycles. The van der Waals surface area contributed by atoms with Crippen molar-refractivity contribution in [3.05, 3.63) is 109 Å². The average Bonchev–Trinajstić information content (AvgIpc) is 2.88. The van der Waals surface area contributed by atoms with Gasteiger partial charge in [0.05, 0.1) is 5.30 Å². The minimum absolute atomic E-state index is 0.735. The summed E-state index contributed by atoms with van der Waals surface area (Å²) in [4.78, 5) is 4.34. The summed E-state index contributed by atoms with van der Waals surface area (Å²) < 4.78 is 12.9. The molecular weight excluding hydrogens is 437 g/mol. The van der Waals surface area contributed by atoms with E-state index in [1.165, 1.54) is 10.6 Å². The van der Waals surface area contributed by atoms with Gasteiger partial charge in [-0.2, -0.15) is 0 Å². The van der Waals surface area contributed by atoms with Crippen LogP contribution in [0.15, 0.2) is 103 Å². The molecule has 162 valence electrons. The summed E-state index contributed by atoms with van der Waals surface area (Å²) >= 11 is 0. The van der Waals surface area contributed by atoms with E-state index in [1.807, 2.05) is 25.3 Å². The van der Waals surface area contributed by atoms with Gasteiger partial charge in [0.25, 0.3) is 0 Å². The first-order chi connectivity index (χ1) is 16.7. The number of hydrogen-bond acceptors (Lipinski definition) is 3. The predicted octanol–water partition coefficient (Wildman–Crippen LogP) is 6.69. The normalized spacial score (nSPS) is 13.2. The molecule has 0 spiro atoms. The van der Waals surface area contributed by atoms with Crippen LogP contribution >= 0.6 is 7.92 Å². The number of rotatable bonds is 2. The van der Waals surface area contributed by atoms with Crippen molar-refractivity contribution >= 4 is 23.8 Å². The number of aryl methyl sites for hydroxylation is 1. The molecule has 34 heavy (non-hydrogen) atoms. The molecule has 0 fully saturated rings. The highest BCUT2D eigenvalue weighted by Gasteiger charge is 2.37. The Morgan fingerprint density at radius 2 is 1.15 bits per heavy atom. The molecule has 0 bridgehead atoms. The number of hydrogen-bond donors (Lipinski definition) is 0. The third kappa shape index (κ3) is 3.05. The summed E-state index contributed by atoms with van der Waals surface area (Å²) in [7, 11) is -0.735. The second-order valence-electron chi connectivity index (χ2n) is 8.56. The Morgan fingerprint density at radius 1 is 0.559 bits per heavy atom. The second-order valence-corrected chi connectivity index (χ2v) is 10.6. The van der Waals surface area contributed by atoms with E-state index >= 15 is 0 Å². The van der Waals surface area contributed by atoms with Crippen molar-refractivity contribution in [2.24, 2.45) is 0 Å². The van der Waals surface area contributed by atoms with Crippen molar-refractivity contribution in [3.63, 3.8) is 0 Å². The lowest BCUT2D eigenvalue weighted by molar-refractivity contribution is 0.467. The monoisotopic (exact) mass is 457 g/mol. The number of nitrogens with zero attached hydrogens (tertiary/aromatic N) is 1. The molecule has 0 saturated heterocycles. The molecule has 1 aromatic heterocycles. The molecule has 7 rings (SSSR count). The van der Waals surface area contributed by atoms with E-state index in [-0.39, 0.29) is 0 Å². The lowest BCUT2D eigenvalue weighted by Crippen LogP contribution is -2.31. The quantitative estimate of drug-likeness (QED) is 0.271. The third-order valence-corrected chi connectivity index (χ3v) is 8.93. The number of ether oxygens (including phenoxy) is 2. The van der Waals surface area contributed by atoms with Gasteiger partial charge in [-0.05, 0) is 71.6 Å². The van der Waals surface area contributed by atoms with Crippen molar-refractivity contribution in [1.82, 2.24) is 4.98 Å². The van der Waals surface area contributed by atoms with Crippen molar-refractivity contribution in [2.75, 3.05) is 0 Å². The Kier molecular flexibility index (Phi) is 4.33. The fourth-order valence-corrected chi connectivity index (χ4v) is 7.35. The molecule has 2 aliphatic heterocycles. The zero-order valence-corrected chi connectivity index (χ0v) is 19.4. The van der Waals surface area contributed by atoms with E-state index in [0.717, 1.165) is 56.3 Å². The number of fused-ring (bicyclic) bond motifs is 4. The van der Waals surface area contributed by atoms with Crippen LogP contribution in [0.4, 0.5) is 0 Å². The first kappa shape index (κ1) is 19.5. The van der Waals surface area contributed by atoms with Gasteiger partial charge in [0.15, 0.2) is 0 Å². The van der Waals surface area contributed by atoms with Gasteiger partial charge >= 0.3 is 0 Å². The summed E-state index contributed by atoms with van der Waals surface area (Å²) in [6.07, 6.45) is 1.86. The van der Waals surface area contributed by atoms with Gasteiger partial charge in [0, 0.05) is 30.4 Å². The van der Waals surface area contributed by atoms with E-state index in [1.54, 1.807) is 0 Å². The van der Waals surface area contributed by atoms with E-state index < -0.39 is 7.92 Å². The zero-order chi connectivity index (χ0) is 22.6. The van der Waals surface area contributed by atoms with E-state index in [9.17, 15) is 0 Å². The fraction of sp³-hybridized carbons (Fsp3) is 0.0333. The van der Waals surface area contributed by atoms with Crippen LogP contribution in [0.2, 0.25) is 0 Å². The summed E-state index contributed by atoms with van der Waals surface area (Å²) in [6, 6.07) is 33.9. The molecule has 3 nitrogen and oxygen atoms in total. The number of pyridine rings is 1. The van der Waals surface area contributed by atoms with Gasteiger partial charge in [-0.25, -0.2) is 0 Å². The largest absolute Gasteiger partial charge is 0.456 e. The average molecular weight is 457 g/mol. The molecule has 5 aromatic rings. The molecule has 2 aliphatic rings. The second kappa shape index (κ2) is 7.55. The Balaban J connectivity index is 1.41. The first-order valence-corrected chi connectivity index (χ1v) is 12.6. The van der Waals surface area contributed by atoms with Gasteiger partial charge in [0.1, 0.15) is 23.0 Å². The minimum Gasteiger partial charge on any atom is -0.456 e. The maximum atomic E-state index is 6.46. The van der Waals surface area contributed by atoms with Gasteiger partial charge in [-0.1, -0.05) is 54.6 Å². The Hall–Kier alpha value is -3.94. The van der Waals surface area contributed by atoms with Gasteiger partial charge in [0.2, 0.25) is 0 Å². The SMILES string of the molecule is Cc1cc(-c2cccc(-c3cc4c5c(c3)Oc3ccccc3P5c3ccccc3O4)c2)ccn1. The molecule has 0 N–H and O–H groups in total. The smallest absolute Gasteiger partial charge is 0.140 e. The third-order valence-electron chi connectivity index (χ3n) is 6.34. The molecule has 4 heteroatoms. The molecule has 0 unspecified atom stereocenters. The maximum absolute atomic E-state index is 6.46. The molecule has 0 atom stereocenters. The number of benzene rings is 4. The molecule has 4 aromatic carbocycles. The fourth-order valence-electron chi connectivity index (χ4n) is 4.79. The lowest BCUT2D eigenvalue weighted by Gasteiger charge is -2.34. The highest BCUT2D eigenvalue weighted by atomic mass is 31.1. The molecule has 0 aliphatic carbocycles. The molecule has 0 radical (unpaired) electrons. The van der Waals surface area contributed by atoms with Crippen LogP contribution < -0.4 is 25.4 Å². The number of para-hydroxylation sites is 2. The van der Waals surface area contributed by atoms with Crippen molar-refractivity contribution in [1.29, 1.82) is 0 Å². The minimum atomic E-state index is -0.735. The van der Waals surface area contributed by atoms with Crippen molar-refractivity contribution < 1.29 is 9.47 Å². The van der Waals surface area contributed by atoms with Gasteiger partial charge in [-0.3, -0.25) is 4.98 Å². The topological polar surface area (TPSA) is 31.4 Å². The maximum Gasteiger partial charge on any atom is 0.140 e. The van der Waals surface area contributed by atoms with Crippen LogP contribution in [0.1, 0.15) is 5.69 Å².